The summed E-state index contributed by atoms with van der Waals surface area (Å²) < 4.78 is 21.4. The molecule has 1 unspecified atom stereocenters. The number of benzene rings is 2. The van der Waals surface area contributed by atoms with Crippen molar-refractivity contribution in [3.8, 4) is 11.5 Å². The van der Waals surface area contributed by atoms with Crippen molar-refractivity contribution >= 4 is 33.9 Å². The zero-order valence-corrected chi connectivity index (χ0v) is 17.2. The molecule has 2 heterocycles. The van der Waals surface area contributed by atoms with Gasteiger partial charge in [0.2, 0.25) is 11.5 Å². The second-order valence-corrected chi connectivity index (χ2v) is 7.12. The molecular formula is C23H16O11. The first-order valence-electron chi connectivity index (χ1n) is 9.78. The number of ether oxygens (including phenoxy) is 2. The van der Waals surface area contributed by atoms with E-state index in [1.807, 2.05) is 0 Å². The summed E-state index contributed by atoms with van der Waals surface area (Å²) in [5.74, 6) is -3.49. The molecule has 0 radical (unpaired) electrons. The minimum absolute atomic E-state index is 0.0105. The second-order valence-electron chi connectivity index (χ2n) is 7.12. The van der Waals surface area contributed by atoms with Crippen LogP contribution in [0.15, 0.2) is 67.0 Å². The molecule has 4 aromatic rings. The average molecular weight is 468 g/mol. The normalized spacial score (nSPS) is 11.9. The zero-order chi connectivity index (χ0) is 24.4. The predicted octanol–water partition coefficient (Wildman–Crippen LogP) is 2.11. The van der Waals surface area contributed by atoms with Gasteiger partial charge in [-0.15, -0.1) is 0 Å². The second kappa shape index (κ2) is 9.08. The number of aliphatic hydroxyl groups is 1. The highest BCUT2D eigenvalue weighted by atomic mass is 16.5. The van der Waals surface area contributed by atoms with E-state index in [0.717, 1.165) is 12.1 Å². The number of hydrogen-bond acceptors (Lipinski definition) is 9. The van der Waals surface area contributed by atoms with Crippen molar-refractivity contribution in [2.24, 2.45) is 0 Å². The van der Waals surface area contributed by atoms with Crippen LogP contribution < -0.4 is 20.3 Å². The predicted molar refractivity (Wildman–Crippen MR) is 116 cm³/mol. The van der Waals surface area contributed by atoms with Crippen molar-refractivity contribution in [1.29, 1.82) is 0 Å². The van der Waals surface area contributed by atoms with Gasteiger partial charge in [0, 0.05) is 18.2 Å². The SMILES string of the molecule is O=C(O)c1cc(=O)c2ccc(OCC(O)COc3cccc4oc(C(=O)O)cc(=O)c34)cc2o1. The van der Waals surface area contributed by atoms with E-state index in [1.54, 1.807) is 0 Å². The Bertz CT molecular complexity index is 1530. The summed E-state index contributed by atoms with van der Waals surface area (Å²) >= 11 is 0. The van der Waals surface area contributed by atoms with Crippen LogP contribution in [0, 0.1) is 0 Å². The number of carboxylic acids is 2. The molecule has 0 aliphatic heterocycles. The van der Waals surface area contributed by atoms with Gasteiger partial charge < -0.3 is 33.6 Å². The van der Waals surface area contributed by atoms with Crippen molar-refractivity contribution < 1.29 is 43.2 Å². The summed E-state index contributed by atoms with van der Waals surface area (Å²) in [5.41, 5.74) is -1.10. The third-order valence-electron chi connectivity index (χ3n) is 4.71. The lowest BCUT2D eigenvalue weighted by Gasteiger charge is -2.14. The molecule has 3 N–H and O–H groups in total. The number of hydrogen-bond donors (Lipinski definition) is 3. The molecule has 0 saturated heterocycles. The number of aromatic carboxylic acids is 2. The highest BCUT2D eigenvalue weighted by Crippen LogP contribution is 2.24. The first kappa shape index (κ1) is 22.6. The van der Waals surface area contributed by atoms with Crippen LogP contribution in [0.2, 0.25) is 0 Å². The number of carboxylic acid groups (broad SMARTS) is 2. The molecule has 0 saturated carbocycles. The first-order chi connectivity index (χ1) is 16.2. The van der Waals surface area contributed by atoms with Crippen molar-refractivity contribution in [3.05, 3.63) is 80.5 Å². The average Bonchev–Trinajstić information content (AvgIpc) is 2.80. The van der Waals surface area contributed by atoms with E-state index in [9.17, 15) is 24.3 Å². The Hall–Kier alpha value is -4.64. The quantitative estimate of drug-likeness (QED) is 0.345. The van der Waals surface area contributed by atoms with Crippen LogP contribution >= 0.6 is 0 Å². The minimum atomic E-state index is -1.39. The summed E-state index contributed by atoms with van der Waals surface area (Å²) in [7, 11) is 0. The molecule has 0 fully saturated rings. The molecule has 0 aliphatic rings. The summed E-state index contributed by atoms with van der Waals surface area (Å²) in [4.78, 5) is 46.4. The molecule has 2 aromatic carbocycles. The van der Waals surface area contributed by atoms with Gasteiger partial charge in [0.05, 0.1) is 5.39 Å². The highest BCUT2D eigenvalue weighted by Gasteiger charge is 2.16. The van der Waals surface area contributed by atoms with Gasteiger partial charge in [-0.1, -0.05) is 6.07 Å². The van der Waals surface area contributed by atoms with Gasteiger partial charge >= 0.3 is 11.9 Å². The molecule has 34 heavy (non-hydrogen) atoms. The van der Waals surface area contributed by atoms with Gasteiger partial charge in [0.25, 0.3) is 0 Å². The Morgan fingerprint density at radius 1 is 0.824 bits per heavy atom. The van der Waals surface area contributed by atoms with Crippen molar-refractivity contribution in [1.82, 2.24) is 0 Å². The number of rotatable bonds is 8. The third-order valence-corrected chi connectivity index (χ3v) is 4.71. The minimum Gasteiger partial charge on any atom is -0.491 e. The molecule has 11 heteroatoms. The number of fused-ring (bicyclic) bond motifs is 2. The van der Waals surface area contributed by atoms with E-state index in [2.05, 4.69) is 0 Å². The topological polar surface area (TPSA) is 174 Å². The fourth-order valence-corrected chi connectivity index (χ4v) is 3.16. The smallest absolute Gasteiger partial charge is 0.371 e. The van der Waals surface area contributed by atoms with E-state index < -0.39 is 40.4 Å². The monoisotopic (exact) mass is 468 g/mol. The third kappa shape index (κ3) is 4.59. The molecule has 4 rings (SSSR count). The van der Waals surface area contributed by atoms with Gasteiger partial charge in [-0.25, -0.2) is 9.59 Å². The zero-order valence-electron chi connectivity index (χ0n) is 17.2. The van der Waals surface area contributed by atoms with Crippen LogP contribution in [-0.2, 0) is 0 Å². The van der Waals surface area contributed by atoms with Gasteiger partial charge in [0.15, 0.2) is 10.9 Å². The molecule has 0 aliphatic carbocycles. The lowest BCUT2D eigenvalue weighted by Crippen LogP contribution is -2.25. The Morgan fingerprint density at radius 3 is 2.18 bits per heavy atom. The van der Waals surface area contributed by atoms with Crippen LogP contribution in [0.1, 0.15) is 21.1 Å². The van der Waals surface area contributed by atoms with Gasteiger partial charge in [-0.3, -0.25) is 9.59 Å². The molecule has 0 bridgehead atoms. The molecule has 0 amide bonds. The fraction of sp³-hybridized carbons (Fsp3) is 0.130. The number of carbonyl (C=O) groups is 2. The summed E-state index contributed by atoms with van der Waals surface area (Å²) in [6.07, 6.45) is -1.14. The van der Waals surface area contributed by atoms with Crippen LogP contribution in [-0.4, -0.2) is 46.6 Å². The van der Waals surface area contributed by atoms with Crippen molar-refractivity contribution in [2.45, 2.75) is 6.10 Å². The lowest BCUT2D eigenvalue weighted by molar-refractivity contribution is 0.0631. The Morgan fingerprint density at radius 2 is 1.47 bits per heavy atom. The maximum atomic E-state index is 12.3. The van der Waals surface area contributed by atoms with Crippen molar-refractivity contribution in [3.63, 3.8) is 0 Å². The van der Waals surface area contributed by atoms with Gasteiger partial charge in [-0.05, 0) is 24.3 Å². The van der Waals surface area contributed by atoms with Crippen LogP contribution in [0.25, 0.3) is 21.9 Å². The van der Waals surface area contributed by atoms with E-state index in [0.29, 0.717) is 0 Å². The van der Waals surface area contributed by atoms with E-state index >= 15 is 0 Å². The van der Waals surface area contributed by atoms with Crippen LogP contribution in [0.3, 0.4) is 0 Å². The molecule has 2 aromatic heterocycles. The summed E-state index contributed by atoms with van der Waals surface area (Å²) in [5, 5.41) is 28.5. The van der Waals surface area contributed by atoms with Gasteiger partial charge in [0.1, 0.15) is 47.4 Å². The molecular weight excluding hydrogens is 452 g/mol. The summed E-state index contributed by atoms with van der Waals surface area (Å²) in [6, 6.07) is 10.3. The summed E-state index contributed by atoms with van der Waals surface area (Å²) in [6.45, 7) is -0.512. The molecule has 0 spiro atoms. The highest BCUT2D eigenvalue weighted by molar-refractivity contribution is 5.89. The molecule has 174 valence electrons. The fourth-order valence-electron chi connectivity index (χ4n) is 3.16. The van der Waals surface area contributed by atoms with Gasteiger partial charge in [-0.2, -0.15) is 0 Å². The Balaban J connectivity index is 1.45. The van der Waals surface area contributed by atoms with E-state index in [4.69, 9.17) is 28.5 Å². The van der Waals surface area contributed by atoms with E-state index in [-0.39, 0.29) is 46.7 Å². The molecule has 11 nitrogen and oxygen atoms in total. The standard InChI is InChI=1S/C23H16O11/c24-11(9-31-12-4-5-13-14(25)7-19(22(27)28)34-18(13)6-12)10-32-16-2-1-3-17-21(16)15(26)8-20(33-17)23(29)30/h1-8,11,24H,9-10H2,(H,27,28)(H,29,30). The Kier molecular flexibility index (Phi) is 6.02. The Labute approximate surface area is 189 Å². The largest absolute Gasteiger partial charge is 0.491 e. The van der Waals surface area contributed by atoms with Crippen molar-refractivity contribution in [2.75, 3.05) is 13.2 Å². The maximum absolute atomic E-state index is 12.3. The lowest BCUT2D eigenvalue weighted by atomic mass is 10.2. The first-order valence-corrected chi connectivity index (χ1v) is 9.78. The van der Waals surface area contributed by atoms with Crippen LogP contribution in [0.4, 0.5) is 0 Å². The van der Waals surface area contributed by atoms with Crippen LogP contribution in [0.5, 0.6) is 11.5 Å². The number of aliphatic hydroxyl groups excluding tert-OH is 1. The maximum Gasteiger partial charge on any atom is 0.371 e. The molecule has 1 atom stereocenters. The van der Waals surface area contributed by atoms with E-state index in [1.165, 1.54) is 36.4 Å².